The number of unbranched alkanes of at least 4 members (excludes halogenated alkanes) is 2. The second kappa shape index (κ2) is 13.2. The first-order chi connectivity index (χ1) is 17.6. The maximum absolute atomic E-state index is 6.25. The zero-order valence-corrected chi connectivity index (χ0v) is 23.6. The van der Waals surface area contributed by atoms with E-state index in [4.69, 9.17) is 16.6 Å². The fourth-order valence-corrected chi connectivity index (χ4v) is 5.06. The molecule has 1 aromatic heterocycles. The monoisotopic (exact) mass is 563 g/mol. The highest BCUT2D eigenvalue weighted by Crippen LogP contribution is 2.32. The third kappa shape index (κ3) is 6.67. The first-order valence-corrected chi connectivity index (χ1v) is 14.1. The second-order valence-electron chi connectivity index (χ2n) is 9.26. The summed E-state index contributed by atoms with van der Waals surface area (Å²) in [5, 5.41) is 0.743. The van der Waals surface area contributed by atoms with Crippen LogP contribution < -0.4 is 0 Å². The van der Waals surface area contributed by atoms with Gasteiger partial charge in [-0.15, -0.1) is 0 Å². The van der Waals surface area contributed by atoms with Gasteiger partial charge in [0, 0.05) is 40.3 Å². The molecule has 0 atom stereocenters. The van der Waals surface area contributed by atoms with Gasteiger partial charge in [0.1, 0.15) is 5.82 Å². The SMILES string of the molecule is CCCCN(Cc1ccccc1Br)Cc1c(-c2ccc(Cl)cc2)nc(-c2ccccc2)n1CCCC. The molecule has 4 aromatic rings. The summed E-state index contributed by atoms with van der Waals surface area (Å²) in [6.45, 7) is 8.23. The van der Waals surface area contributed by atoms with Gasteiger partial charge in [-0.1, -0.05) is 115 Å². The molecular formula is C31H35BrClN3. The number of benzene rings is 3. The minimum atomic E-state index is 0.743. The number of hydrogen-bond acceptors (Lipinski definition) is 2. The van der Waals surface area contributed by atoms with Crippen LogP contribution in [0.25, 0.3) is 22.6 Å². The number of halogens is 2. The summed E-state index contributed by atoms with van der Waals surface area (Å²) in [6.07, 6.45) is 4.58. The van der Waals surface area contributed by atoms with E-state index >= 15 is 0 Å². The van der Waals surface area contributed by atoms with Crippen LogP contribution in [-0.2, 0) is 19.6 Å². The number of imidazole rings is 1. The van der Waals surface area contributed by atoms with E-state index < -0.39 is 0 Å². The highest BCUT2D eigenvalue weighted by Gasteiger charge is 2.22. The van der Waals surface area contributed by atoms with Crippen LogP contribution in [0.1, 0.15) is 50.8 Å². The number of rotatable bonds is 12. The summed E-state index contributed by atoms with van der Waals surface area (Å²) in [5.74, 6) is 1.04. The van der Waals surface area contributed by atoms with Crippen molar-refractivity contribution in [2.75, 3.05) is 6.54 Å². The largest absolute Gasteiger partial charge is 0.326 e. The van der Waals surface area contributed by atoms with Gasteiger partial charge in [0.05, 0.1) is 11.4 Å². The Hall–Kier alpha value is -2.40. The predicted molar refractivity (Wildman–Crippen MR) is 156 cm³/mol. The van der Waals surface area contributed by atoms with Crippen LogP contribution in [0.2, 0.25) is 5.02 Å². The van der Waals surface area contributed by atoms with Gasteiger partial charge in [-0.25, -0.2) is 4.98 Å². The zero-order valence-electron chi connectivity index (χ0n) is 21.3. The zero-order chi connectivity index (χ0) is 25.3. The molecule has 3 aromatic carbocycles. The van der Waals surface area contributed by atoms with Gasteiger partial charge in [-0.3, -0.25) is 4.90 Å². The third-order valence-electron chi connectivity index (χ3n) is 6.51. The highest BCUT2D eigenvalue weighted by atomic mass is 79.9. The molecular weight excluding hydrogens is 530 g/mol. The van der Waals surface area contributed by atoms with Crippen molar-refractivity contribution >= 4 is 27.5 Å². The van der Waals surface area contributed by atoms with Crippen molar-refractivity contribution in [2.24, 2.45) is 0 Å². The van der Waals surface area contributed by atoms with Crippen LogP contribution >= 0.6 is 27.5 Å². The van der Waals surface area contributed by atoms with Gasteiger partial charge >= 0.3 is 0 Å². The van der Waals surface area contributed by atoms with Crippen molar-refractivity contribution in [3.8, 4) is 22.6 Å². The molecule has 4 rings (SSSR count). The highest BCUT2D eigenvalue weighted by molar-refractivity contribution is 9.10. The average molecular weight is 565 g/mol. The lowest BCUT2D eigenvalue weighted by atomic mass is 10.1. The Labute approximate surface area is 229 Å². The summed E-state index contributed by atoms with van der Waals surface area (Å²) in [6, 6.07) is 27.2. The van der Waals surface area contributed by atoms with Crippen molar-refractivity contribution in [3.05, 3.63) is 99.6 Å². The Balaban J connectivity index is 1.82. The lowest BCUT2D eigenvalue weighted by Crippen LogP contribution is -2.26. The Kier molecular flexibility index (Phi) is 9.80. The van der Waals surface area contributed by atoms with Crippen LogP contribution in [0.15, 0.2) is 83.3 Å². The molecule has 0 aliphatic heterocycles. The molecule has 36 heavy (non-hydrogen) atoms. The molecule has 0 aliphatic rings. The van der Waals surface area contributed by atoms with Gasteiger partial charge in [0.25, 0.3) is 0 Å². The molecule has 0 unspecified atom stereocenters. The molecule has 0 N–H and O–H groups in total. The minimum Gasteiger partial charge on any atom is -0.326 e. The Morgan fingerprint density at radius 1 is 0.806 bits per heavy atom. The molecule has 0 radical (unpaired) electrons. The molecule has 0 aliphatic carbocycles. The molecule has 3 nitrogen and oxygen atoms in total. The van der Waals surface area contributed by atoms with Crippen LogP contribution in [-0.4, -0.2) is 21.0 Å². The van der Waals surface area contributed by atoms with Crippen molar-refractivity contribution < 1.29 is 0 Å². The summed E-state index contributed by atoms with van der Waals surface area (Å²) < 4.78 is 3.62. The topological polar surface area (TPSA) is 21.1 Å². The van der Waals surface area contributed by atoms with Gasteiger partial charge in [0.2, 0.25) is 0 Å². The number of hydrogen-bond donors (Lipinski definition) is 0. The quantitative estimate of drug-likeness (QED) is 0.171. The average Bonchev–Trinajstić information content (AvgIpc) is 3.26. The first-order valence-electron chi connectivity index (χ1n) is 13.0. The Bertz CT molecular complexity index is 1230. The van der Waals surface area contributed by atoms with Gasteiger partial charge in [-0.05, 0) is 43.1 Å². The number of aromatic nitrogens is 2. The van der Waals surface area contributed by atoms with E-state index in [0.717, 1.165) is 77.6 Å². The standard InChI is InChI=1S/C31H35BrClN3/c1-3-5-20-35(22-26-14-10-11-15-28(26)32)23-29-30(24-16-18-27(33)19-17-24)34-31(36(29)21-6-4-2)25-12-8-7-9-13-25/h7-19H,3-6,20-23H2,1-2H3. The van der Waals surface area contributed by atoms with Crippen LogP contribution in [0.5, 0.6) is 0 Å². The molecule has 0 saturated carbocycles. The second-order valence-corrected chi connectivity index (χ2v) is 10.6. The van der Waals surface area contributed by atoms with E-state index in [1.807, 2.05) is 12.1 Å². The van der Waals surface area contributed by atoms with E-state index in [1.54, 1.807) is 0 Å². The van der Waals surface area contributed by atoms with Crippen molar-refractivity contribution in [2.45, 2.75) is 59.2 Å². The lowest BCUT2D eigenvalue weighted by Gasteiger charge is -2.25. The Morgan fingerprint density at radius 2 is 1.50 bits per heavy atom. The third-order valence-corrected chi connectivity index (χ3v) is 7.54. The molecule has 0 amide bonds. The summed E-state index contributed by atoms with van der Waals surface area (Å²) >= 11 is 10.0. The van der Waals surface area contributed by atoms with Gasteiger partial charge in [0.15, 0.2) is 0 Å². The van der Waals surface area contributed by atoms with E-state index in [2.05, 4.69) is 106 Å². The van der Waals surface area contributed by atoms with Gasteiger partial charge in [-0.2, -0.15) is 0 Å². The maximum Gasteiger partial charge on any atom is 0.140 e. The van der Waals surface area contributed by atoms with E-state index in [0.29, 0.717) is 0 Å². The molecule has 0 fully saturated rings. The normalized spacial score (nSPS) is 11.4. The smallest absolute Gasteiger partial charge is 0.140 e. The summed E-state index contributed by atoms with van der Waals surface area (Å²) in [4.78, 5) is 7.84. The Morgan fingerprint density at radius 3 is 2.19 bits per heavy atom. The molecule has 188 valence electrons. The fourth-order valence-electron chi connectivity index (χ4n) is 4.53. The van der Waals surface area contributed by atoms with E-state index in [9.17, 15) is 0 Å². The van der Waals surface area contributed by atoms with Crippen molar-refractivity contribution in [1.29, 1.82) is 0 Å². The molecule has 0 bridgehead atoms. The van der Waals surface area contributed by atoms with E-state index in [1.165, 1.54) is 17.7 Å². The van der Waals surface area contributed by atoms with E-state index in [-0.39, 0.29) is 0 Å². The predicted octanol–water partition coefficient (Wildman–Crippen LogP) is 9.24. The van der Waals surface area contributed by atoms with Crippen LogP contribution in [0.3, 0.4) is 0 Å². The molecule has 5 heteroatoms. The van der Waals surface area contributed by atoms with Gasteiger partial charge < -0.3 is 4.57 Å². The summed E-state index contributed by atoms with van der Waals surface area (Å²) in [5.41, 5.74) is 5.90. The van der Waals surface area contributed by atoms with Crippen LogP contribution in [0, 0.1) is 0 Å². The van der Waals surface area contributed by atoms with Crippen molar-refractivity contribution in [1.82, 2.24) is 14.5 Å². The summed E-state index contributed by atoms with van der Waals surface area (Å²) in [7, 11) is 0. The molecule has 0 saturated heterocycles. The maximum atomic E-state index is 6.25. The molecule has 0 spiro atoms. The first kappa shape index (κ1) is 26.7. The minimum absolute atomic E-state index is 0.743. The van der Waals surface area contributed by atoms with Crippen LogP contribution in [0.4, 0.5) is 0 Å². The molecule has 1 heterocycles. The fraction of sp³-hybridized carbons (Fsp3) is 0.323. The lowest BCUT2D eigenvalue weighted by molar-refractivity contribution is 0.246. The number of nitrogens with zero attached hydrogens (tertiary/aromatic N) is 3. The van der Waals surface area contributed by atoms with Crippen molar-refractivity contribution in [3.63, 3.8) is 0 Å².